The fraction of sp³-hybridized carbons (Fsp3) is 0.417. The normalized spacial score (nSPS) is 11.4. The summed E-state index contributed by atoms with van der Waals surface area (Å²) in [5.41, 5.74) is 0.281. The van der Waals surface area contributed by atoms with E-state index in [0.29, 0.717) is 4.90 Å². The maximum Gasteiger partial charge on any atom is 0.406 e. The number of alkyl halides is 3. The number of rotatable bonds is 3. The third kappa shape index (κ3) is 3.72. The molecule has 0 spiro atoms. The number of benzene rings is 1. The molecule has 0 saturated heterocycles. The van der Waals surface area contributed by atoms with Crippen LogP contribution in [0.15, 0.2) is 18.2 Å². The van der Waals surface area contributed by atoms with E-state index in [0.717, 1.165) is 6.07 Å². The molecule has 0 bridgehead atoms. The van der Waals surface area contributed by atoms with Crippen LogP contribution in [0.4, 0.5) is 17.6 Å². The first kappa shape index (κ1) is 14.5. The molecule has 0 radical (unpaired) electrons. The van der Waals surface area contributed by atoms with Crippen LogP contribution in [-0.4, -0.2) is 30.1 Å². The molecule has 0 aliphatic rings. The number of carbonyl (C=O) groups is 1. The molecule has 1 aromatic rings. The van der Waals surface area contributed by atoms with Crippen molar-refractivity contribution in [3.63, 3.8) is 0 Å². The second-order valence-corrected chi connectivity index (χ2v) is 3.90. The van der Waals surface area contributed by atoms with Crippen molar-refractivity contribution >= 4 is 5.91 Å². The Labute approximate surface area is 102 Å². The predicted octanol–water partition coefficient (Wildman–Crippen LogP) is 3.16. The number of carbonyl (C=O) groups excluding carboxylic acids is 1. The average molecular weight is 263 g/mol. The molecule has 0 unspecified atom stereocenters. The van der Waals surface area contributed by atoms with Crippen LogP contribution < -0.4 is 0 Å². The first-order chi connectivity index (χ1) is 8.24. The van der Waals surface area contributed by atoms with Gasteiger partial charge in [-0.05, 0) is 37.6 Å². The van der Waals surface area contributed by atoms with Crippen molar-refractivity contribution in [1.82, 2.24) is 4.90 Å². The molecular weight excluding hydrogens is 250 g/mol. The second-order valence-electron chi connectivity index (χ2n) is 3.90. The molecule has 18 heavy (non-hydrogen) atoms. The predicted molar refractivity (Wildman–Crippen MR) is 58.8 cm³/mol. The molecular formula is C12H13F4NO. The van der Waals surface area contributed by atoms with Gasteiger partial charge in [0.2, 0.25) is 0 Å². The van der Waals surface area contributed by atoms with Crippen LogP contribution in [0.5, 0.6) is 0 Å². The first-order valence-corrected chi connectivity index (χ1v) is 5.36. The van der Waals surface area contributed by atoms with E-state index in [-0.39, 0.29) is 17.7 Å². The zero-order valence-corrected chi connectivity index (χ0v) is 10.0. The number of nitrogens with zero attached hydrogens (tertiary/aromatic N) is 1. The monoisotopic (exact) mass is 263 g/mol. The van der Waals surface area contributed by atoms with Gasteiger partial charge >= 0.3 is 6.18 Å². The lowest BCUT2D eigenvalue weighted by molar-refractivity contribution is -0.140. The third-order valence-electron chi connectivity index (χ3n) is 2.44. The molecule has 0 N–H and O–H groups in total. The zero-order valence-electron chi connectivity index (χ0n) is 10.0. The quantitative estimate of drug-likeness (QED) is 0.767. The van der Waals surface area contributed by atoms with E-state index in [1.165, 1.54) is 26.0 Å². The van der Waals surface area contributed by atoms with Crippen LogP contribution >= 0.6 is 0 Å². The highest BCUT2D eigenvalue weighted by Crippen LogP contribution is 2.18. The Morgan fingerprint density at radius 3 is 2.39 bits per heavy atom. The van der Waals surface area contributed by atoms with E-state index < -0.39 is 24.4 Å². The summed E-state index contributed by atoms with van der Waals surface area (Å²) >= 11 is 0. The van der Waals surface area contributed by atoms with Crippen molar-refractivity contribution in [2.45, 2.75) is 20.0 Å². The molecule has 1 aromatic carbocycles. The second kappa shape index (κ2) is 5.37. The zero-order chi connectivity index (χ0) is 13.9. The van der Waals surface area contributed by atoms with Gasteiger partial charge in [0.05, 0.1) is 0 Å². The maximum atomic E-state index is 13.0. The van der Waals surface area contributed by atoms with Gasteiger partial charge < -0.3 is 4.90 Å². The van der Waals surface area contributed by atoms with Gasteiger partial charge in [-0.25, -0.2) is 4.39 Å². The average Bonchev–Trinajstić information content (AvgIpc) is 2.27. The molecule has 1 amide bonds. The molecule has 0 aromatic heterocycles. The lowest BCUT2D eigenvalue weighted by atomic mass is 10.1. The third-order valence-corrected chi connectivity index (χ3v) is 2.44. The molecule has 1 rings (SSSR count). The highest BCUT2D eigenvalue weighted by Gasteiger charge is 2.32. The van der Waals surface area contributed by atoms with Gasteiger partial charge in [-0.15, -0.1) is 0 Å². The van der Waals surface area contributed by atoms with E-state index in [1.807, 2.05) is 0 Å². The highest BCUT2D eigenvalue weighted by atomic mass is 19.4. The summed E-state index contributed by atoms with van der Waals surface area (Å²) < 4.78 is 49.8. The summed E-state index contributed by atoms with van der Waals surface area (Å²) in [4.78, 5) is 12.5. The maximum absolute atomic E-state index is 13.0. The Bertz CT molecular complexity index is 442. The van der Waals surface area contributed by atoms with Crippen molar-refractivity contribution in [2.75, 3.05) is 13.1 Å². The van der Waals surface area contributed by atoms with Crippen LogP contribution in [-0.2, 0) is 0 Å². The van der Waals surface area contributed by atoms with E-state index in [2.05, 4.69) is 0 Å². The Morgan fingerprint density at radius 2 is 1.94 bits per heavy atom. The highest BCUT2D eigenvalue weighted by molar-refractivity contribution is 5.94. The fourth-order valence-electron chi connectivity index (χ4n) is 1.50. The van der Waals surface area contributed by atoms with E-state index in [4.69, 9.17) is 0 Å². The lowest BCUT2D eigenvalue weighted by Gasteiger charge is -2.22. The molecule has 100 valence electrons. The lowest BCUT2D eigenvalue weighted by Crippen LogP contribution is -2.38. The molecule has 0 fully saturated rings. The summed E-state index contributed by atoms with van der Waals surface area (Å²) in [7, 11) is 0. The molecule has 0 aliphatic carbocycles. The fourth-order valence-corrected chi connectivity index (χ4v) is 1.50. The smallest absolute Gasteiger partial charge is 0.330 e. The topological polar surface area (TPSA) is 20.3 Å². The van der Waals surface area contributed by atoms with Crippen molar-refractivity contribution in [3.8, 4) is 0 Å². The van der Waals surface area contributed by atoms with Gasteiger partial charge in [0.1, 0.15) is 12.4 Å². The van der Waals surface area contributed by atoms with Crippen molar-refractivity contribution in [3.05, 3.63) is 35.1 Å². The van der Waals surface area contributed by atoms with E-state index in [9.17, 15) is 22.4 Å². The Balaban J connectivity index is 2.93. The van der Waals surface area contributed by atoms with Gasteiger partial charge in [0.15, 0.2) is 0 Å². The van der Waals surface area contributed by atoms with Crippen LogP contribution in [0.2, 0.25) is 0 Å². The van der Waals surface area contributed by atoms with Crippen LogP contribution in [0.25, 0.3) is 0 Å². The minimum atomic E-state index is -4.44. The number of halogens is 4. The first-order valence-electron chi connectivity index (χ1n) is 5.36. The van der Waals surface area contributed by atoms with Gasteiger partial charge in [0.25, 0.3) is 5.91 Å². The SMILES string of the molecule is CCN(CC(F)(F)F)C(=O)c1ccc(F)c(C)c1. The minimum absolute atomic E-state index is 0.0556. The van der Waals surface area contributed by atoms with Gasteiger partial charge in [0, 0.05) is 12.1 Å². The molecule has 2 nitrogen and oxygen atoms in total. The van der Waals surface area contributed by atoms with E-state index >= 15 is 0 Å². The van der Waals surface area contributed by atoms with Crippen LogP contribution in [0.1, 0.15) is 22.8 Å². The summed E-state index contributed by atoms with van der Waals surface area (Å²) in [6, 6.07) is 3.50. The summed E-state index contributed by atoms with van der Waals surface area (Å²) in [6.45, 7) is 1.54. The summed E-state index contributed by atoms with van der Waals surface area (Å²) in [5, 5.41) is 0. The van der Waals surface area contributed by atoms with Crippen LogP contribution in [0, 0.1) is 12.7 Å². The Hall–Kier alpha value is -1.59. The van der Waals surface area contributed by atoms with Crippen molar-refractivity contribution < 1.29 is 22.4 Å². The number of amides is 1. The number of hydrogen-bond acceptors (Lipinski definition) is 1. The number of aryl methyl sites for hydroxylation is 1. The van der Waals surface area contributed by atoms with Gasteiger partial charge in [-0.3, -0.25) is 4.79 Å². The van der Waals surface area contributed by atoms with Crippen molar-refractivity contribution in [2.24, 2.45) is 0 Å². The van der Waals surface area contributed by atoms with Crippen LogP contribution in [0.3, 0.4) is 0 Å². The Morgan fingerprint density at radius 1 is 1.33 bits per heavy atom. The summed E-state index contributed by atoms with van der Waals surface area (Å²) in [6.07, 6.45) is -4.44. The van der Waals surface area contributed by atoms with Gasteiger partial charge in [-0.1, -0.05) is 0 Å². The van der Waals surface area contributed by atoms with Crippen molar-refractivity contribution in [1.29, 1.82) is 0 Å². The standard InChI is InChI=1S/C12H13F4NO/c1-3-17(7-12(14,15)16)11(18)9-4-5-10(13)8(2)6-9/h4-6H,3,7H2,1-2H3. The minimum Gasteiger partial charge on any atom is -0.330 e. The summed E-state index contributed by atoms with van der Waals surface area (Å²) in [5.74, 6) is -1.25. The van der Waals surface area contributed by atoms with E-state index in [1.54, 1.807) is 0 Å². The van der Waals surface area contributed by atoms with Gasteiger partial charge in [-0.2, -0.15) is 13.2 Å². The molecule has 0 heterocycles. The molecule has 6 heteroatoms. The molecule has 0 saturated carbocycles. The Kier molecular flexibility index (Phi) is 4.32. The molecule has 0 atom stereocenters. The number of hydrogen-bond donors (Lipinski definition) is 0. The molecule has 0 aliphatic heterocycles. The largest absolute Gasteiger partial charge is 0.406 e.